The average Bonchev–Trinajstić information content (AvgIpc) is 3.29. The van der Waals surface area contributed by atoms with E-state index in [0.29, 0.717) is 21.3 Å². The van der Waals surface area contributed by atoms with Gasteiger partial charge in [0.25, 0.3) is 11.8 Å². The highest BCUT2D eigenvalue weighted by atomic mass is 35.5. The van der Waals surface area contributed by atoms with Gasteiger partial charge in [0.1, 0.15) is 5.70 Å². The minimum absolute atomic E-state index is 0.170. The molecular formula is C22H16Cl2N2O2S. The van der Waals surface area contributed by atoms with Gasteiger partial charge in [0, 0.05) is 20.6 Å². The molecule has 4 rings (SSSR count). The number of carbonyl (C=O) groups excluding carboxylic acids is 2. The molecule has 2 amide bonds. The number of benzene rings is 2. The zero-order chi connectivity index (χ0) is 20.5. The van der Waals surface area contributed by atoms with Crippen LogP contribution in [0.3, 0.4) is 0 Å². The van der Waals surface area contributed by atoms with Crippen LogP contribution in [0.5, 0.6) is 0 Å². The molecule has 0 fully saturated rings. The Balaban J connectivity index is 1.72. The highest BCUT2D eigenvalue weighted by molar-refractivity contribution is 7.11. The highest BCUT2D eigenvalue weighted by Gasteiger charge is 2.39. The molecule has 1 N–H and O–H groups in total. The van der Waals surface area contributed by atoms with Gasteiger partial charge in [0.2, 0.25) is 0 Å². The molecular weight excluding hydrogens is 427 g/mol. The van der Waals surface area contributed by atoms with Gasteiger partial charge in [-0.15, -0.1) is 11.3 Å². The third kappa shape index (κ3) is 3.94. The Labute approximate surface area is 182 Å². The summed E-state index contributed by atoms with van der Waals surface area (Å²) in [7, 11) is 0. The summed E-state index contributed by atoms with van der Waals surface area (Å²) in [4.78, 5) is 28.4. The van der Waals surface area contributed by atoms with Crippen molar-refractivity contribution in [3.63, 3.8) is 0 Å². The van der Waals surface area contributed by atoms with Gasteiger partial charge in [-0.3, -0.25) is 14.5 Å². The summed E-state index contributed by atoms with van der Waals surface area (Å²) in [5, 5.41) is 6.19. The van der Waals surface area contributed by atoms with Crippen LogP contribution >= 0.6 is 34.5 Å². The Kier molecular flexibility index (Phi) is 5.46. The van der Waals surface area contributed by atoms with Crippen LogP contribution in [0.25, 0.3) is 5.57 Å². The molecule has 1 aliphatic heterocycles. The quantitative estimate of drug-likeness (QED) is 0.511. The standard InChI is InChI=1S/C22H16Cl2N2O2S/c1-13-4-7-16(24)11-17(13)25-20-19(18-3-2-10-29-18)21(27)26(22(20)28)12-14-5-8-15(23)9-6-14/h2-11,25H,12H2,1H3. The molecule has 2 heterocycles. The zero-order valence-corrected chi connectivity index (χ0v) is 17.7. The molecule has 0 bridgehead atoms. The van der Waals surface area contributed by atoms with Crippen LogP contribution in [0.15, 0.2) is 65.7 Å². The minimum Gasteiger partial charge on any atom is -0.350 e. The summed E-state index contributed by atoms with van der Waals surface area (Å²) in [6.45, 7) is 2.08. The molecule has 0 radical (unpaired) electrons. The van der Waals surface area contributed by atoms with Crippen LogP contribution < -0.4 is 5.32 Å². The first-order valence-electron chi connectivity index (χ1n) is 8.86. The molecule has 0 saturated carbocycles. The van der Waals surface area contributed by atoms with Crippen molar-refractivity contribution in [2.45, 2.75) is 13.5 Å². The summed E-state index contributed by atoms with van der Waals surface area (Å²) in [5.41, 5.74) is 3.07. The lowest BCUT2D eigenvalue weighted by Gasteiger charge is -2.16. The number of hydrogen-bond donors (Lipinski definition) is 1. The number of rotatable bonds is 5. The van der Waals surface area contributed by atoms with Crippen molar-refractivity contribution < 1.29 is 9.59 Å². The molecule has 2 aromatic carbocycles. The maximum absolute atomic E-state index is 13.2. The first-order valence-corrected chi connectivity index (χ1v) is 10.5. The summed E-state index contributed by atoms with van der Waals surface area (Å²) < 4.78 is 0. The first kappa shape index (κ1) is 19.7. The van der Waals surface area contributed by atoms with Crippen LogP contribution in [0.2, 0.25) is 10.0 Å². The van der Waals surface area contributed by atoms with Gasteiger partial charge in [0.15, 0.2) is 0 Å². The third-order valence-corrected chi connectivity index (χ3v) is 6.02. The predicted molar refractivity (Wildman–Crippen MR) is 118 cm³/mol. The lowest BCUT2D eigenvalue weighted by atomic mass is 10.1. The first-order chi connectivity index (χ1) is 13.9. The second-order valence-electron chi connectivity index (χ2n) is 6.63. The molecule has 29 heavy (non-hydrogen) atoms. The van der Waals surface area contributed by atoms with Crippen LogP contribution in [-0.2, 0) is 16.1 Å². The number of aryl methyl sites for hydroxylation is 1. The van der Waals surface area contributed by atoms with Gasteiger partial charge in [-0.25, -0.2) is 0 Å². The summed E-state index contributed by atoms with van der Waals surface area (Å²) in [6.07, 6.45) is 0. The van der Waals surface area contributed by atoms with E-state index in [1.165, 1.54) is 16.2 Å². The van der Waals surface area contributed by atoms with Gasteiger partial charge in [-0.05, 0) is 53.8 Å². The molecule has 7 heteroatoms. The van der Waals surface area contributed by atoms with Gasteiger partial charge >= 0.3 is 0 Å². The monoisotopic (exact) mass is 442 g/mol. The van der Waals surface area contributed by atoms with Crippen LogP contribution in [0.4, 0.5) is 5.69 Å². The number of amides is 2. The number of halogens is 2. The van der Waals surface area contributed by atoms with Crippen molar-refractivity contribution in [1.82, 2.24) is 4.90 Å². The van der Waals surface area contributed by atoms with E-state index in [1.54, 1.807) is 36.4 Å². The van der Waals surface area contributed by atoms with Crippen LogP contribution in [0.1, 0.15) is 16.0 Å². The minimum atomic E-state index is -0.368. The molecule has 0 aliphatic carbocycles. The Morgan fingerprint density at radius 1 is 0.966 bits per heavy atom. The van der Waals surface area contributed by atoms with Crippen LogP contribution in [0, 0.1) is 6.92 Å². The van der Waals surface area contributed by atoms with Crippen molar-refractivity contribution >= 4 is 57.6 Å². The summed E-state index contributed by atoms with van der Waals surface area (Å²) in [6, 6.07) is 16.2. The number of nitrogens with zero attached hydrogens (tertiary/aromatic N) is 1. The largest absolute Gasteiger partial charge is 0.350 e. The number of hydrogen-bond acceptors (Lipinski definition) is 4. The van der Waals surface area contributed by atoms with Crippen molar-refractivity contribution in [2.75, 3.05) is 5.32 Å². The van der Waals surface area contributed by atoms with Crippen molar-refractivity contribution in [3.8, 4) is 0 Å². The number of thiophene rings is 1. The molecule has 146 valence electrons. The second-order valence-corrected chi connectivity index (χ2v) is 8.46. The fourth-order valence-electron chi connectivity index (χ4n) is 3.12. The Hall–Kier alpha value is -2.60. The lowest BCUT2D eigenvalue weighted by Crippen LogP contribution is -2.32. The number of carbonyl (C=O) groups is 2. The maximum Gasteiger partial charge on any atom is 0.278 e. The lowest BCUT2D eigenvalue weighted by molar-refractivity contribution is -0.137. The summed E-state index contributed by atoms with van der Waals surface area (Å²) in [5.74, 6) is -0.692. The number of imide groups is 1. The number of anilines is 1. The molecule has 0 saturated heterocycles. The predicted octanol–water partition coefficient (Wildman–Crippen LogP) is 5.76. The van der Waals surface area contributed by atoms with Crippen molar-refractivity contribution in [3.05, 3.63) is 91.7 Å². The van der Waals surface area contributed by atoms with E-state index in [1.807, 2.05) is 30.5 Å². The van der Waals surface area contributed by atoms with E-state index in [4.69, 9.17) is 23.2 Å². The van der Waals surface area contributed by atoms with Gasteiger partial charge in [0.05, 0.1) is 12.1 Å². The fraction of sp³-hybridized carbons (Fsp3) is 0.0909. The van der Waals surface area contributed by atoms with Crippen LogP contribution in [-0.4, -0.2) is 16.7 Å². The van der Waals surface area contributed by atoms with E-state index in [2.05, 4.69) is 5.32 Å². The molecule has 1 aliphatic rings. The smallest absolute Gasteiger partial charge is 0.278 e. The number of nitrogens with one attached hydrogen (secondary N) is 1. The Bertz CT molecular complexity index is 1120. The summed E-state index contributed by atoms with van der Waals surface area (Å²) >= 11 is 13.5. The third-order valence-electron chi connectivity index (χ3n) is 4.65. The van der Waals surface area contributed by atoms with Gasteiger partial charge < -0.3 is 5.32 Å². The molecule has 0 spiro atoms. The van der Waals surface area contributed by atoms with E-state index >= 15 is 0 Å². The zero-order valence-electron chi connectivity index (χ0n) is 15.4. The fourth-order valence-corrected chi connectivity index (χ4v) is 4.19. The van der Waals surface area contributed by atoms with Crippen molar-refractivity contribution in [2.24, 2.45) is 0 Å². The molecule has 0 unspecified atom stereocenters. The Morgan fingerprint density at radius 3 is 2.38 bits per heavy atom. The Morgan fingerprint density at radius 2 is 1.69 bits per heavy atom. The SMILES string of the molecule is Cc1ccc(Cl)cc1NC1=C(c2cccs2)C(=O)N(Cc2ccc(Cl)cc2)C1=O. The molecule has 1 aromatic heterocycles. The van der Waals surface area contributed by atoms with E-state index in [-0.39, 0.29) is 24.1 Å². The van der Waals surface area contributed by atoms with Gasteiger partial charge in [-0.1, -0.05) is 47.5 Å². The van der Waals surface area contributed by atoms with Crippen molar-refractivity contribution in [1.29, 1.82) is 0 Å². The molecule has 3 aromatic rings. The maximum atomic E-state index is 13.2. The second kappa shape index (κ2) is 8.03. The van der Waals surface area contributed by atoms with Gasteiger partial charge in [-0.2, -0.15) is 0 Å². The normalized spacial score (nSPS) is 14.1. The highest BCUT2D eigenvalue weighted by Crippen LogP contribution is 2.34. The van der Waals surface area contributed by atoms with E-state index in [9.17, 15) is 9.59 Å². The van der Waals surface area contributed by atoms with E-state index < -0.39 is 0 Å². The topological polar surface area (TPSA) is 49.4 Å². The molecule has 0 atom stereocenters. The van der Waals surface area contributed by atoms with E-state index in [0.717, 1.165) is 16.0 Å². The average molecular weight is 443 g/mol. The molecule has 4 nitrogen and oxygen atoms in total.